The fourth-order valence-corrected chi connectivity index (χ4v) is 3.63. The summed E-state index contributed by atoms with van der Waals surface area (Å²) in [6, 6.07) is 9.70. The second-order valence-corrected chi connectivity index (χ2v) is 7.68. The van der Waals surface area contributed by atoms with E-state index in [1.54, 1.807) is 12.5 Å². The molecule has 1 N–H and O–H groups in total. The lowest BCUT2D eigenvalue weighted by molar-refractivity contribution is 0.534. The summed E-state index contributed by atoms with van der Waals surface area (Å²) in [5.41, 5.74) is 4.18. The van der Waals surface area contributed by atoms with E-state index in [0.29, 0.717) is 34.0 Å². The molecule has 7 heteroatoms. The first kappa shape index (κ1) is 17.0. The second kappa shape index (κ2) is 6.49. The van der Waals surface area contributed by atoms with Crippen molar-refractivity contribution in [1.82, 2.24) is 24.5 Å². The third kappa shape index (κ3) is 2.86. The van der Waals surface area contributed by atoms with Crippen molar-refractivity contribution in [3.05, 3.63) is 54.0 Å². The van der Waals surface area contributed by atoms with Gasteiger partial charge in [0.05, 0.1) is 11.1 Å². The molecule has 0 amide bonds. The number of pyridine rings is 1. The molecule has 0 saturated heterocycles. The van der Waals surface area contributed by atoms with Gasteiger partial charge in [0.25, 0.3) is 0 Å². The molecule has 0 bridgehead atoms. The van der Waals surface area contributed by atoms with Gasteiger partial charge in [-0.2, -0.15) is 0 Å². The van der Waals surface area contributed by atoms with Crippen molar-refractivity contribution in [1.29, 1.82) is 0 Å². The summed E-state index contributed by atoms with van der Waals surface area (Å²) < 4.78 is 8.04. The van der Waals surface area contributed by atoms with Gasteiger partial charge < -0.3 is 14.0 Å². The Bertz CT molecular complexity index is 1260. The van der Waals surface area contributed by atoms with Crippen LogP contribution in [0.3, 0.4) is 0 Å². The third-order valence-corrected chi connectivity index (χ3v) is 4.87. The van der Waals surface area contributed by atoms with Crippen molar-refractivity contribution < 1.29 is 4.42 Å². The highest BCUT2D eigenvalue weighted by Crippen LogP contribution is 2.33. The van der Waals surface area contributed by atoms with Crippen LogP contribution in [-0.4, -0.2) is 24.5 Å². The number of hydrogen-bond donors (Lipinski definition) is 1. The standard InChI is InChI=1S/C21H18ClN5O/c1-12(2)9-27-10-15(14-8-13(22)5-6-18(14)27)21-25-17(11-28-21)20-24-16-4-3-7-23-19(16)26-20/h3-8,10-12H,9H2,1-2H3,(H,23,24,26). The summed E-state index contributed by atoms with van der Waals surface area (Å²) in [4.78, 5) is 16.7. The van der Waals surface area contributed by atoms with Crippen LogP contribution in [0.15, 0.2) is 53.4 Å². The summed E-state index contributed by atoms with van der Waals surface area (Å²) in [6.45, 7) is 5.29. The molecule has 0 fully saturated rings. The molecule has 28 heavy (non-hydrogen) atoms. The number of hydrogen-bond acceptors (Lipinski definition) is 4. The highest BCUT2D eigenvalue weighted by Gasteiger charge is 2.18. The number of benzene rings is 1. The predicted molar refractivity (Wildman–Crippen MR) is 110 cm³/mol. The lowest BCUT2D eigenvalue weighted by Crippen LogP contribution is -2.02. The Hall–Kier alpha value is -3.12. The number of nitrogens with zero attached hydrogens (tertiary/aromatic N) is 4. The zero-order valence-corrected chi connectivity index (χ0v) is 16.2. The van der Waals surface area contributed by atoms with Crippen molar-refractivity contribution in [2.45, 2.75) is 20.4 Å². The first-order valence-corrected chi connectivity index (χ1v) is 9.51. The van der Waals surface area contributed by atoms with Gasteiger partial charge in [-0.1, -0.05) is 25.4 Å². The lowest BCUT2D eigenvalue weighted by Gasteiger charge is -2.07. The van der Waals surface area contributed by atoms with E-state index in [1.165, 1.54) is 0 Å². The number of nitrogens with one attached hydrogen (secondary N) is 1. The Morgan fingerprint density at radius 1 is 1.21 bits per heavy atom. The van der Waals surface area contributed by atoms with E-state index in [-0.39, 0.29) is 0 Å². The Morgan fingerprint density at radius 2 is 2.11 bits per heavy atom. The molecular weight excluding hydrogens is 374 g/mol. The van der Waals surface area contributed by atoms with Gasteiger partial charge in [0, 0.05) is 34.9 Å². The van der Waals surface area contributed by atoms with E-state index >= 15 is 0 Å². The Kier molecular flexibility index (Phi) is 3.94. The van der Waals surface area contributed by atoms with Crippen LogP contribution >= 0.6 is 11.6 Å². The SMILES string of the molecule is CC(C)Cn1cc(-c2nc(-c3nc4ncccc4[nH]3)co2)c2cc(Cl)ccc21. The minimum atomic E-state index is 0.516. The maximum atomic E-state index is 6.26. The van der Waals surface area contributed by atoms with E-state index in [0.717, 1.165) is 28.5 Å². The minimum absolute atomic E-state index is 0.516. The molecule has 0 atom stereocenters. The van der Waals surface area contributed by atoms with Gasteiger partial charge in [-0.25, -0.2) is 15.0 Å². The zero-order valence-electron chi connectivity index (χ0n) is 15.5. The van der Waals surface area contributed by atoms with Gasteiger partial charge in [0.2, 0.25) is 5.89 Å². The molecule has 140 valence electrons. The van der Waals surface area contributed by atoms with Gasteiger partial charge >= 0.3 is 0 Å². The van der Waals surface area contributed by atoms with Gasteiger partial charge in [0.15, 0.2) is 11.5 Å². The van der Waals surface area contributed by atoms with Crippen molar-refractivity contribution in [3.63, 3.8) is 0 Å². The average molecular weight is 392 g/mol. The average Bonchev–Trinajstić information content (AvgIpc) is 3.37. The van der Waals surface area contributed by atoms with Crippen LogP contribution in [0, 0.1) is 5.92 Å². The highest BCUT2D eigenvalue weighted by molar-refractivity contribution is 6.31. The smallest absolute Gasteiger partial charge is 0.228 e. The van der Waals surface area contributed by atoms with Crippen LogP contribution in [0.5, 0.6) is 0 Å². The molecule has 0 aliphatic heterocycles. The largest absolute Gasteiger partial charge is 0.444 e. The van der Waals surface area contributed by atoms with Crippen LogP contribution in [0.2, 0.25) is 5.02 Å². The maximum absolute atomic E-state index is 6.26. The fraction of sp³-hybridized carbons (Fsp3) is 0.190. The van der Waals surface area contributed by atoms with Crippen molar-refractivity contribution in [3.8, 4) is 23.0 Å². The van der Waals surface area contributed by atoms with Crippen LogP contribution in [0.25, 0.3) is 45.0 Å². The molecule has 6 nitrogen and oxygen atoms in total. The van der Waals surface area contributed by atoms with Gasteiger partial charge in [-0.15, -0.1) is 0 Å². The molecule has 0 saturated carbocycles. The molecule has 1 aromatic carbocycles. The highest BCUT2D eigenvalue weighted by atomic mass is 35.5. The van der Waals surface area contributed by atoms with Crippen molar-refractivity contribution in [2.24, 2.45) is 5.92 Å². The molecule has 0 radical (unpaired) electrons. The Balaban J connectivity index is 1.62. The maximum Gasteiger partial charge on any atom is 0.228 e. The summed E-state index contributed by atoms with van der Waals surface area (Å²) in [5.74, 6) is 1.69. The molecule has 0 aliphatic carbocycles. The molecular formula is C21H18ClN5O. The molecule has 4 heterocycles. The number of fused-ring (bicyclic) bond motifs is 2. The molecule has 0 unspecified atom stereocenters. The molecule has 0 aliphatic rings. The van der Waals surface area contributed by atoms with E-state index in [9.17, 15) is 0 Å². The number of oxazole rings is 1. The van der Waals surface area contributed by atoms with E-state index in [1.807, 2.05) is 30.3 Å². The van der Waals surface area contributed by atoms with Crippen molar-refractivity contribution >= 4 is 33.7 Å². The molecule has 5 aromatic rings. The van der Waals surface area contributed by atoms with Crippen LogP contribution in [-0.2, 0) is 6.54 Å². The lowest BCUT2D eigenvalue weighted by atomic mass is 10.2. The second-order valence-electron chi connectivity index (χ2n) is 7.25. The Morgan fingerprint density at radius 3 is 2.93 bits per heavy atom. The van der Waals surface area contributed by atoms with Crippen molar-refractivity contribution in [2.75, 3.05) is 0 Å². The monoisotopic (exact) mass is 391 g/mol. The number of H-pyrrole nitrogens is 1. The molecule has 4 aromatic heterocycles. The summed E-state index contributed by atoms with van der Waals surface area (Å²) in [5, 5.41) is 1.71. The normalized spacial score (nSPS) is 11.9. The summed E-state index contributed by atoms with van der Waals surface area (Å²) >= 11 is 6.26. The van der Waals surface area contributed by atoms with Gasteiger partial charge in [0.1, 0.15) is 12.0 Å². The number of imidazole rings is 1. The topological polar surface area (TPSA) is 72.5 Å². The number of halogens is 1. The van der Waals surface area contributed by atoms with E-state index < -0.39 is 0 Å². The number of aromatic nitrogens is 5. The van der Waals surface area contributed by atoms with E-state index in [2.05, 4.69) is 44.5 Å². The van der Waals surface area contributed by atoms with Gasteiger partial charge in [-0.3, -0.25) is 0 Å². The van der Waals surface area contributed by atoms with Crippen LogP contribution < -0.4 is 0 Å². The number of aromatic amines is 1. The zero-order chi connectivity index (χ0) is 19.3. The quantitative estimate of drug-likeness (QED) is 0.436. The molecule has 5 rings (SSSR count). The summed E-state index contributed by atoms with van der Waals surface area (Å²) in [7, 11) is 0. The first-order chi connectivity index (χ1) is 13.6. The minimum Gasteiger partial charge on any atom is -0.444 e. The third-order valence-electron chi connectivity index (χ3n) is 4.64. The predicted octanol–water partition coefficient (Wildman–Crippen LogP) is 5.54. The fourth-order valence-electron chi connectivity index (χ4n) is 3.46. The molecule has 0 spiro atoms. The van der Waals surface area contributed by atoms with Gasteiger partial charge in [-0.05, 0) is 36.2 Å². The number of rotatable bonds is 4. The first-order valence-electron chi connectivity index (χ1n) is 9.14. The Labute approximate surface area is 166 Å². The van der Waals surface area contributed by atoms with Crippen LogP contribution in [0.1, 0.15) is 13.8 Å². The summed E-state index contributed by atoms with van der Waals surface area (Å²) in [6.07, 6.45) is 5.41. The van der Waals surface area contributed by atoms with Crippen LogP contribution in [0.4, 0.5) is 0 Å². The van der Waals surface area contributed by atoms with E-state index in [4.69, 9.17) is 16.0 Å².